The van der Waals surface area contributed by atoms with Crippen molar-refractivity contribution in [3.8, 4) is 17.2 Å². The summed E-state index contributed by atoms with van der Waals surface area (Å²) in [6, 6.07) is 25.3. The van der Waals surface area contributed by atoms with Gasteiger partial charge in [-0.15, -0.1) is 0 Å². The van der Waals surface area contributed by atoms with E-state index >= 15 is 0 Å². The minimum absolute atomic E-state index is 0.255. The van der Waals surface area contributed by atoms with Gasteiger partial charge in [0, 0.05) is 0 Å². The SMILES string of the molecule is CCOc1cc(/C=C2/C(=O)NC(=O)N(c3ccc(OCc4ccccc4)cc3)C2=O)cc(I)c1OCC(=O)Nc1ccccc1Cl. The van der Waals surface area contributed by atoms with E-state index in [1.54, 1.807) is 67.6 Å². The average Bonchev–Trinajstić information content (AvgIpc) is 3.04. The maximum absolute atomic E-state index is 13.5. The van der Waals surface area contributed by atoms with Crippen LogP contribution in [0.2, 0.25) is 5.02 Å². The topological polar surface area (TPSA) is 123 Å². The summed E-state index contributed by atoms with van der Waals surface area (Å²) in [6.07, 6.45) is 1.37. The van der Waals surface area contributed by atoms with Crippen LogP contribution in [0.3, 0.4) is 0 Å². The summed E-state index contributed by atoms with van der Waals surface area (Å²) in [5.41, 5.74) is 1.89. The van der Waals surface area contributed by atoms with E-state index in [4.69, 9.17) is 25.8 Å². The third kappa shape index (κ3) is 7.85. The van der Waals surface area contributed by atoms with Gasteiger partial charge in [0.25, 0.3) is 17.7 Å². The number of hydrogen-bond acceptors (Lipinski definition) is 7. The molecule has 2 N–H and O–H groups in total. The molecule has 0 unspecified atom stereocenters. The molecule has 1 fully saturated rings. The van der Waals surface area contributed by atoms with Crippen molar-refractivity contribution in [3.63, 3.8) is 0 Å². The van der Waals surface area contributed by atoms with Crippen LogP contribution in [0, 0.1) is 3.57 Å². The van der Waals surface area contributed by atoms with E-state index in [2.05, 4.69) is 10.6 Å². The predicted octanol–water partition coefficient (Wildman–Crippen LogP) is 6.61. The van der Waals surface area contributed by atoms with Crippen LogP contribution in [-0.4, -0.2) is 37.0 Å². The smallest absolute Gasteiger partial charge is 0.335 e. The Morgan fingerprint density at radius 2 is 1.65 bits per heavy atom. The second-order valence-corrected chi connectivity index (χ2v) is 11.4. The number of halogens is 2. The molecule has 0 saturated carbocycles. The number of benzene rings is 4. The number of ether oxygens (including phenoxy) is 3. The summed E-state index contributed by atoms with van der Waals surface area (Å²) in [7, 11) is 0. The molecule has 5 amide bonds. The van der Waals surface area contributed by atoms with Crippen molar-refractivity contribution < 1.29 is 33.4 Å². The molecule has 5 rings (SSSR count). The molecule has 46 heavy (non-hydrogen) atoms. The van der Waals surface area contributed by atoms with Gasteiger partial charge < -0.3 is 19.5 Å². The fourth-order valence-corrected chi connectivity index (χ4v) is 5.42. The van der Waals surface area contributed by atoms with Crippen LogP contribution in [0.25, 0.3) is 6.08 Å². The number of anilines is 2. The highest BCUT2D eigenvalue weighted by atomic mass is 127. The van der Waals surface area contributed by atoms with Crippen molar-refractivity contribution in [2.24, 2.45) is 0 Å². The van der Waals surface area contributed by atoms with Crippen LogP contribution >= 0.6 is 34.2 Å². The number of amides is 5. The summed E-state index contributed by atoms with van der Waals surface area (Å²) < 4.78 is 17.9. The standard InChI is InChI=1S/C34H27ClIN3O7/c1-2-44-29-18-22(17-27(36)31(29)46-20-30(40)37-28-11-7-6-10-26(28)35)16-25-32(41)38-34(43)39(33(25)42)23-12-14-24(15-13-23)45-19-21-8-4-3-5-9-21/h3-18H,2,19-20H2,1H3,(H,37,40)(H,38,41,43)/b25-16-. The lowest BCUT2D eigenvalue weighted by Crippen LogP contribution is -2.54. The minimum atomic E-state index is -0.867. The number of urea groups is 1. The van der Waals surface area contributed by atoms with Crippen molar-refractivity contribution in [1.82, 2.24) is 5.32 Å². The van der Waals surface area contributed by atoms with E-state index in [0.29, 0.717) is 43.7 Å². The largest absolute Gasteiger partial charge is 0.490 e. The van der Waals surface area contributed by atoms with E-state index in [1.165, 1.54) is 6.08 Å². The van der Waals surface area contributed by atoms with Gasteiger partial charge in [-0.05, 0) is 95.2 Å². The maximum Gasteiger partial charge on any atom is 0.335 e. The van der Waals surface area contributed by atoms with Crippen LogP contribution in [0.5, 0.6) is 17.2 Å². The molecule has 0 bridgehead atoms. The normalized spacial score (nSPS) is 13.8. The Bertz CT molecular complexity index is 1810. The maximum atomic E-state index is 13.5. The second kappa shape index (κ2) is 14.9. The Balaban J connectivity index is 1.32. The Labute approximate surface area is 283 Å². The number of nitrogens with one attached hydrogen (secondary N) is 2. The lowest BCUT2D eigenvalue weighted by molar-refractivity contribution is -0.122. The molecule has 0 aromatic heterocycles. The molecular weight excluding hydrogens is 725 g/mol. The molecule has 1 aliphatic heterocycles. The van der Waals surface area contributed by atoms with Crippen LogP contribution in [-0.2, 0) is 21.0 Å². The molecule has 234 valence electrons. The van der Waals surface area contributed by atoms with Gasteiger partial charge in [0.05, 0.1) is 26.6 Å². The van der Waals surface area contributed by atoms with E-state index < -0.39 is 23.8 Å². The van der Waals surface area contributed by atoms with Gasteiger partial charge in [0.15, 0.2) is 18.1 Å². The molecule has 12 heteroatoms. The minimum Gasteiger partial charge on any atom is -0.490 e. The Morgan fingerprint density at radius 1 is 0.935 bits per heavy atom. The van der Waals surface area contributed by atoms with E-state index in [1.807, 2.05) is 52.9 Å². The van der Waals surface area contributed by atoms with Crippen molar-refractivity contribution in [2.45, 2.75) is 13.5 Å². The third-order valence-electron chi connectivity index (χ3n) is 6.58. The number of para-hydroxylation sites is 1. The number of hydrogen-bond donors (Lipinski definition) is 2. The zero-order valence-electron chi connectivity index (χ0n) is 24.4. The molecule has 1 aliphatic rings. The molecule has 1 saturated heterocycles. The quantitative estimate of drug-likeness (QED) is 0.101. The number of imide groups is 2. The molecular formula is C34H27ClIN3O7. The van der Waals surface area contributed by atoms with Crippen LogP contribution in [0.1, 0.15) is 18.1 Å². The van der Waals surface area contributed by atoms with Crippen LogP contribution in [0.4, 0.5) is 16.2 Å². The van der Waals surface area contributed by atoms with Gasteiger partial charge in [0.2, 0.25) is 0 Å². The molecule has 4 aromatic rings. The first-order valence-corrected chi connectivity index (χ1v) is 15.5. The highest BCUT2D eigenvalue weighted by molar-refractivity contribution is 14.1. The van der Waals surface area contributed by atoms with Crippen molar-refractivity contribution >= 4 is 75.4 Å². The first-order valence-electron chi connectivity index (χ1n) is 14.0. The summed E-state index contributed by atoms with van der Waals surface area (Å²) in [5, 5.41) is 5.32. The van der Waals surface area contributed by atoms with Crippen molar-refractivity contribution in [3.05, 3.63) is 116 Å². The summed E-state index contributed by atoms with van der Waals surface area (Å²) >= 11 is 8.14. The third-order valence-corrected chi connectivity index (χ3v) is 7.71. The molecule has 0 spiro atoms. The van der Waals surface area contributed by atoms with Crippen LogP contribution in [0.15, 0.2) is 96.6 Å². The molecule has 0 radical (unpaired) electrons. The lowest BCUT2D eigenvalue weighted by Gasteiger charge is -2.26. The zero-order valence-corrected chi connectivity index (χ0v) is 27.3. The summed E-state index contributed by atoms with van der Waals surface area (Å²) in [4.78, 5) is 52.5. The fraction of sp³-hybridized carbons (Fsp3) is 0.118. The van der Waals surface area contributed by atoms with Gasteiger partial charge >= 0.3 is 6.03 Å². The van der Waals surface area contributed by atoms with Gasteiger partial charge in [-0.25, -0.2) is 9.69 Å². The monoisotopic (exact) mass is 751 g/mol. The van der Waals surface area contributed by atoms with E-state index in [-0.39, 0.29) is 24.5 Å². The average molecular weight is 752 g/mol. The van der Waals surface area contributed by atoms with Gasteiger partial charge in [-0.1, -0.05) is 54.1 Å². The van der Waals surface area contributed by atoms with E-state index in [0.717, 1.165) is 10.5 Å². The summed E-state index contributed by atoms with van der Waals surface area (Å²) in [5.74, 6) is -0.900. The van der Waals surface area contributed by atoms with E-state index in [9.17, 15) is 19.2 Å². The number of rotatable bonds is 11. The number of barbiturate groups is 1. The zero-order chi connectivity index (χ0) is 32.6. The second-order valence-electron chi connectivity index (χ2n) is 9.81. The number of nitrogens with zero attached hydrogens (tertiary/aromatic N) is 1. The predicted molar refractivity (Wildman–Crippen MR) is 182 cm³/mol. The fourth-order valence-electron chi connectivity index (χ4n) is 4.45. The molecule has 0 atom stereocenters. The lowest BCUT2D eigenvalue weighted by atomic mass is 10.1. The molecule has 4 aromatic carbocycles. The molecule has 1 heterocycles. The van der Waals surface area contributed by atoms with Crippen molar-refractivity contribution in [2.75, 3.05) is 23.4 Å². The molecule has 0 aliphatic carbocycles. The molecule has 10 nitrogen and oxygen atoms in total. The first-order chi connectivity index (χ1) is 22.2. The van der Waals surface area contributed by atoms with Gasteiger partial charge in [0.1, 0.15) is 17.9 Å². The Kier molecular flexibility index (Phi) is 10.6. The van der Waals surface area contributed by atoms with Gasteiger partial charge in [-0.3, -0.25) is 19.7 Å². The number of carbonyl (C=O) groups is 4. The van der Waals surface area contributed by atoms with Crippen LogP contribution < -0.4 is 29.7 Å². The Morgan fingerprint density at radius 3 is 2.37 bits per heavy atom. The van der Waals surface area contributed by atoms with Gasteiger partial charge in [-0.2, -0.15) is 0 Å². The summed E-state index contributed by atoms with van der Waals surface area (Å²) in [6.45, 7) is 2.10. The van der Waals surface area contributed by atoms with Crippen molar-refractivity contribution in [1.29, 1.82) is 0 Å². The Hall–Kier alpha value is -4.88. The first kappa shape index (κ1) is 32.5. The highest BCUT2D eigenvalue weighted by Gasteiger charge is 2.37. The highest BCUT2D eigenvalue weighted by Crippen LogP contribution is 2.35. The number of carbonyl (C=O) groups excluding carboxylic acids is 4.